The van der Waals surface area contributed by atoms with Crippen molar-refractivity contribution in [1.29, 1.82) is 0 Å². The Morgan fingerprint density at radius 2 is 1.86 bits per heavy atom. The minimum absolute atomic E-state index is 0.189. The lowest BCUT2D eigenvalue weighted by molar-refractivity contribution is 0.102. The highest BCUT2D eigenvalue weighted by molar-refractivity contribution is 6.03. The molecule has 2 aromatic rings. The molecule has 0 radical (unpaired) electrons. The Morgan fingerprint density at radius 3 is 2.50 bits per heavy atom. The Bertz CT molecular complexity index is 625. The zero-order valence-corrected chi connectivity index (χ0v) is 13.1. The largest absolute Gasteiger partial charge is 0.367 e. The highest BCUT2D eigenvalue weighted by Gasteiger charge is 2.07. The number of nitrogens with one attached hydrogen (secondary N) is 2. The van der Waals surface area contributed by atoms with Crippen LogP contribution in [0.4, 0.5) is 11.6 Å². The maximum absolute atomic E-state index is 12.1. The minimum Gasteiger partial charge on any atom is -0.367 e. The van der Waals surface area contributed by atoms with E-state index in [9.17, 15) is 4.79 Å². The van der Waals surface area contributed by atoms with Gasteiger partial charge in [-0.3, -0.25) is 4.79 Å². The average Bonchev–Trinajstić information content (AvgIpc) is 2.48. The zero-order chi connectivity index (χ0) is 15.9. The van der Waals surface area contributed by atoms with E-state index in [1.165, 1.54) is 0 Å². The van der Waals surface area contributed by atoms with Crippen LogP contribution in [0.2, 0.25) is 0 Å². The Morgan fingerprint density at radius 1 is 1.14 bits per heavy atom. The summed E-state index contributed by atoms with van der Waals surface area (Å²) in [6.07, 6.45) is 0. The normalized spacial score (nSPS) is 10.5. The molecule has 0 aliphatic heterocycles. The van der Waals surface area contributed by atoms with E-state index in [0.29, 0.717) is 17.2 Å². The van der Waals surface area contributed by atoms with Gasteiger partial charge in [0.1, 0.15) is 5.82 Å². The molecule has 1 aromatic heterocycles. The van der Waals surface area contributed by atoms with Gasteiger partial charge in [0, 0.05) is 18.7 Å². The molecule has 1 aromatic carbocycles. The van der Waals surface area contributed by atoms with Crippen LogP contribution in [-0.2, 0) is 0 Å². The van der Waals surface area contributed by atoms with Gasteiger partial charge in [-0.2, -0.15) is 0 Å². The third-order valence-electron chi connectivity index (χ3n) is 3.05. The fraction of sp³-hybridized carbons (Fsp3) is 0.312. The molecule has 22 heavy (non-hydrogen) atoms. The van der Waals surface area contributed by atoms with Crippen molar-refractivity contribution in [2.75, 3.05) is 37.8 Å². The topological polar surface area (TPSA) is 70.2 Å². The number of carbonyl (C=O) groups is 1. The predicted molar refractivity (Wildman–Crippen MR) is 88.2 cm³/mol. The number of aromatic nitrogens is 2. The molecule has 0 fully saturated rings. The van der Waals surface area contributed by atoms with Crippen LogP contribution < -0.4 is 10.6 Å². The van der Waals surface area contributed by atoms with Gasteiger partial charge in [0.25, 0.3) is 5.91 Å². The number of hydrogen-bond acceptors (Lipinski definition) is 5. The van der Waals surface area contributed by atoms with Crippen molar-refractivity contribution >= 4 is 17.5 Å². The summed E-state index contributed by atoms with van der Waals surface area (Å²) in [7, 11) is 4.02. The van der Waals surface area contributed by atoms with E-state index in [0.717, 1.165) is 18.7 Å². The van der Waals surface area contributed by atoms with Crippen molar-refractivity contribution in [3.05, 3.63) is 47.5 Å². The lowest BCUT2D eigenvalue weighted by Crippen LogP contribution is -2.21. The van der Waals surface area contributed by atoms with Crippen LogP contribution >= 0.6 is 0 Å². The summed E-state index contributed by atoms with van der Waals surface area (Å²) in [6.45, 7) is 3.65. The van der Waals surface area contributed by atoms with Crippen LogP contribution in [0.3, 0.4) is 0 Å². The van der Waals surface area contributed by atoms with E-state index in [4.69, 9.17) is 0 Å². The van der Waals surface area contributed by atoms with Crippen molar-refractivity contribution in [2.24, 2.45) is 0 Å². The molecule has 0 saturated carbocycles. The quantitative estimate of drug-likeness (QED) is 0.854. The molecule has 116 valence electrons. The standard InChI is InChI=1S/C16H21N5O/c1-12-5-4-6-13(11-12)16(22)18-15-8-7-14(19-20-15)17-9-10-21(2)3/h4-8,11H,9-10H2,1-3H3,(H,17,19)(H,18,20,22). The van der Waals surface area contributed by atoms with Crippen molar-refractivity contribution in [3.8, 4) is 0 Å². The Hall–Kier alpha value is -2.47. The van der Waals surface area contributed by atoms with Gasteiger partial charge >= 0.3 is 0 Å². The van der Waals surface area contributed by atoms with Gasteiger partial charge in [0.15, 0.2) is 5.82 Å². The molecule has 6 nitrogen and oxygen atoms in total. The van der Waals surface area contributed by atoms with E-state index < -0.39 is 0 Å². The molecular formula is C16H21N5O. The Labute approximate surface area is 130 Å². The van der Waals surface area contributed by atoms with Crippen molar-refractivity contribution < 1.29 is 4.79 Å². The molecule has 0 unspecified atom stereocenters. The van der Waals surface area contributed by atoms with E-state index in [1.807, 2.05) is 39.2 Å². The first-order chi connectivity index (χ1) is 10.5. The van der Waals surface area contributed by atoms with Crippen molar-refractivity contribution in [3.63, 3.8) is 0 Å². The summed E-state index contributed by atoms with van der Waals surface area (Å²) in [5.41, 5.74) is 1.65. The molecule has 0 atom stereocenters. The number of hydrogen-bond donors (Lipinski definition) is 2. The molecule has 0 aliphatic carbocycles. The predicted octanol–water partition coefficient (Wildman–Crippen LogP) is 2.01. The lowest BCUT2D eigenvalue weighted by Gasteiger charge is -2.10. The molecule has 1 heterocycles. The molecule has 0 aliphatic rings. The maximum Gasteiger partial charge on any atom is 0.256 e. The van der Waals surface area contributed by atoms with Crippen LogP contribution in [0.15, 0.2) is 36.4 Å². The monoisotopic (exact) mass is 299 g/mol. The van der Waals surface area contributed by atoms with Crippen LogP contribution in [0.25, 0.3) is 0 Å². The van der Waals surface area contributed by atoms with Gasteiger partial charge in [-0.25, -0.2) is 0 Å². The van der Waals surface area contributed by atoms with Gasteiger partial charge in [-0.15, -0.1) is 10.2 Å². The molecule has 2 N–H and O–H groups in total. The molecule has 2 rings (SSSR count). The Kier molecular flexibility index (Phi) is 5.43. The molecule has 0 saturated heterocycles. The van der Waals surface area contributed by atoms with Crippen LogP contribution in [0.5, 0.6) is 0 Å². The van der Waals surface area contributed by atoms with Gasteiger partial charge in [0.05, 0.1) is 0 Å². The third-order valence-corrected chi connectivity index (χ3v) is 3.05. The number of amides is 1. The van der Waals surface area contributed by atoms with Gasteiger partial charge < -0.3 is 15.5 Å². The van der Waals surface area contributed by atoms with Gasteiger partial charge in [0.2, 0.25) is 0 Å². The summed E-state index contributed by atoms with van der Waals surface area (Å²) in [5, 5.41) is 14.0. The van der Waals surface area contributed by atoms with Crippen LogP contribution in [-0.4, -0.2) is 48.2 Å². The number of anilines is 2. The smallest absolute Gasteiger partial charge is 0.256 e. The van der Waals surface area contributed by atoms with E-state index in [-0.39, 0.29) is 5.91 Å². The highest BCUT2D eigenvalue weighted by atomic mass is 16.1. The minimum atomic E-state index is -0.189. The SMILES string of the molecule is Cc1cccc(C(=O)Nc2ccc(NCCN(C)C)nn2)c1. The third kappa shape index (κ3) is 4.82. The molecule has 0 bridgehead atoms. The molecule has 0 spiro atoms. The second-order valence-corrected chi connectivity index (χ2v) is 5.36. The van der Waals surface area contributed by atoms with Crippen LogP contribution in [0, 0.1) is 6.92 Å². The highest BCUT2D eigenvalue weighted by Crippen LogP contribution is 2.09. The fourth-order valence-corrected chi connectivity index (χ4v) is 1.88. The van der Waals surface area contributed by atoms with Gasteiger partial charge in [-0.1, -0.05) is 17.7 Å². The number of aryl methyl sites for hydroxylation is 1. The summed E-state index contributed by atoms with van der Waals surface area (Å²) in [5.74, 6) is 0.936. The van der Waals surface area contributed by atoms with Gasteiger partial charge in [-0.05, 0) is 45.3 Å². The summed E-state index contributed by atoms with van der Waals surface area (Å²) < 4.78 is 0. The number of benzene rings is 1. The van der Waals surface area contributed by atoms with Crippen molar-refractivity contribution in [1.82, 2.24) is 15.1 Å². The number of rotatable bonds is 6. The molecule has 6 heteroatoms. The fourth-order valence-electron chi connectivity index (χ4n) is 1.88. The summed E-state index contributed by atoms with van der Waals surface area (Å²) >= 11 is 0. The molecule has 1 amide bonds. The molecular weight excluding hydrogens is 278 g/mol. The number of nitrogens with zero attached hydrogens (tertiary/aromatic N) is 3. The lowest BCUT2D eigenvalue weighted by atomic mass is 10.1. The number of likely N-dealkylation sites (N-methyl/N-ethyl adjacent to an activating group) is 1. The average molecular weight is 299 g/mol. The zero-order valence-electron chi connectivity index (χ0n) is 13.1. The summed E-state index contributed by atoms with van der Waals surface area (Å²) in [4.78, 5) is 14.2. The van der Waals surface area contributed by atoms with Crippen molar-refractivity contribution in [2.45, 2.75) is 6.92 Å². The second-order valence-electron chi connectivity index (χ2n) is 5.36. The number of carbonyl (C=O) groups excluding carboxylic acids is 1. The van der Waals surface area contributed by atoms with E-state index in [2.05, 4.69) is 25.7 Å². The van der Waals surface area contributed by atoms with E-state index in [1.54, 1.807) is 18.2 Å². The maximum atomic E-state index is 12.1. The van der Waals surface area contributed by atoms with E-state index >= 15 is 0 Å². The van der Waals surface area contributed by atoms with Crippen LogP contribution in [0.1, 0.15) is 15.9 Å². The first-order valence-corrected chi connectivity index (χ1v) is 7.15. The first-order valence-electron chi connectivity index (χ1n) is 7.15. The second kappa shape index (κ2) is 7.51. The first kappa shape index (κ1) is 15.9. The Balaban J connectivity index is 1.92. The summed E-state index contributed by atoms with van der Waals surface area (Å²) in [6, 6.07) is 10.9.